The summed E-state index contributed by atoms with van der Waals surface area (Å²) in [6, 6.07) is 1.40. The summed E-state index contributed by atoms with van der Waals surface area (Å²) in [6.07, 6.45) is 0. The van der Waals surface area contributed by atoms with Crippen molar-refractivity contribution in [2.45, 2.75) is 13.0 Å². The van der Waals surface area contributed by atoms with Gasteiger partial charge < -0.3 is 10.2 Å². The highest BCUT2D eigenvalue weighted by Gasteiger charge is 2.25. The summed E-state index contributed by atoms with van der Waals surface area (Å²) in [5.74, 6) is -4.73. The minimum atomic E-state index is -1.56. The molecule has 1 saturated heterocycles. The number of carbonyl (C=O) groups is 1. The number of piperazine rings is 1. The SMILES string of the molecule is C[C@@H]1CNCCN1C(=O)c1cc(F)c(F)c(F)c1.Cl. The van der Waals surface area contributed by atoms with Crippen molar-refractivity contribution in [3.8, 4) is 0 Å². The summed E-state index contributed by atoms with van der Waals surface area (Å²) < 4.78 is 38.9. The molecule has 0 unspecified atom stereocenters. The Kier molecular flexibility index (Phi) is 5.20. The molecule has 1 aliphatic heterocycles. The third-order valence-electron chi connectivity index (χ3n) is 2.99. The maximum absolute atomic E-state index is 13.1. The Balaban J connectivity index is 0.00000180. The van der Waals surface area contributed by atoms with Gasteiger partial charge in [0.2, 0.25) is 0 Å². The molecule has 0 spiro atoms. The van der Waals surface area contributed by atoms with Gasteiger partial charge in [0.15, 0.2) is 17.5 Å². The lowest BCUT2D eigenvalue weighted by molar-refractivity contribution is 0.0654. The number of nitrogens with zero attached hydrogens (tertiary/aromatic N) is 1. The maximum atomic E-state index is 13.1. The third-order valence-corrected chi connectivity index (χ3v) is 2.99. The molecule has 19 heavy (non-hydrogen) atoms. The van der Waals surface area contributed by atoms with Crippen LogP contribution in [0, 0.1) is 17.5 Å². The second-order valence-electron chi connectivity index (χ2n) is 4.31. The van der Waals surface area contributed by atoms with E-state index in [1.54, 1.807) is 0 Å². The number of amides is 1. The van der Waals surface area contributed by atoms with Crippen LogP contribution in [0.3, 0.4) is 0 Å². The van der Waals surface area contributed by atoms with E-state index in [1.807, 2.05) is 6.92 Å². The van der Waals surface area contributed by atoms with E-state index in [9.17, 15) is 18.0 Å². The molecular weight excluding hydrogens is 281 g/mol. The van der Waals surface area contributed by atoms with Crippen LogP contribution >= 0.6 is 12.4 Å². The van der Waals surface area contributed by atoms with Gasteiger partial charge in [0, 0.05) is 31.2 Å². The van der Waals surface area contributed by atoms with E-state index in [2.05, 4.69) is 5.32 Å². The molecule has 2 rings (SSSR count). The van der Waals surface area contributed by atoms with Crippen molar-refractivity contribution >= 4 is 18.3 Å². The van der Waals surface area contributed by atoms with Crippen molar-refractivity contribution in [1.29, 1.82) is 0 Å². The fourth-order valence-corrected chi connectivity index (χ4v) is 1.99. The second-order valence-corrected chi connectivity index (χ2v) is 4.31. The van der Waals surface area contributed by atoms with Crippen molar-refractivity contribution in [3.05, 3.63) is 35.1 Å². The van der Waals surface area contributed by atoms with Crippen molar-refractivity contribution in [3.63, 3.8) is 0 Å². The maximum Gasteiger partial charge on any atom is 0.254 e. The minimum Gasteiger partial charge on any atom is -0.333 e. The zero-order valence-electron chi connectivity index (χ0n) is 10.3. The molecule has 0 saturated carbocycles. The highest BCUT2D eigenvalue weighted by molar-refractivity contribution is 5.94. The van der Waals surface area contributed by atoms with Crippen LogP contribution in [0.1, 0.15) is 17.3 Å². The minimum absolute atomic E-state index is 0. The fourth-order valence-electron chi connectivity index (χ4n) is 1.99. The summed E-state index contributed by atoms with van der Waals surface area (Å²) in [6.45, 7) is 3.54. The molecule has 1 aromatic carbocycles. The molecule has 0 bridgehead atoms. The summed E-state index contributed by atoms with van der Waals surface area (Å²) in [4.78, 5) is 13.6. The van der Waals surface area contributed by atoms with Crippen molar-refractivity contribution < 1.29 is 18.0 Å². The fraction of sp³-hybridized carbons (Fsp3) is 0.417. The summed E-state index contributed by atoms with van der Waals surface area (Å²) in [5, 5.41) is 3.10. The number of hydrogen-bond donors (Lipinski definition) is 1. The molecule has 1 aromatic rings. The molecule has 1 atom stereocenters. The van der Waals surface area contributed by atoms with Crippen molar-refractivity contribution in [2.75, 3.05) is 19.6 Å². The summed E-state index contributed by atoms with van der Waals surface area (Å²) in [7, 11) is 0. The molecule has 7 heteroatoms. The molecule has 1 N–H and O–H groups in total. The van der Waals surface area contributed by atoms with Crippen LogP contribution in [-0.4, -0.2) is 36.5 Å². The highest BCUT2D eigenvalue weighted by atomic mass is 35.5. The molecule has 3 nitrogen and oxygen atoms in total. The number of nitrogens with one attached hydrogen (secondary N) is 1. The molecule has 1 amide bonds. The first-order valence-electron chi connectivity index (χ1n) is 5.67. The lowest BCUT2D eigenvalue weighted by atomic mass is 10.1. The number of halogens is 4. The Morgan fingerprint density at radius 3 is 2.42 bits per heavy atom. The molecule has 1 fully saturated rings. The Morgan fingerprint density at radius 1 is 1.32 bits per heavy atom. The Morgan fingerprint density at radius 2 is 1.89 bits per heavy atom. The predicted octanol–water partition coefficient (Wildman–Crippen LogP) is 1.96. The van der Waals surface area contributed by atoms with Gasteiger partial charge in [-0.15, -0.1) is 12.4 Å². The lowest BCUT2D eigenvalue weighted by Crippen LogP contribution is -2.52. The normalized spacial score (nSPS) is 18.9. The van der Waals surface area contributed by atoms with Gasteiger partial charge in [0.25, 0.3) is 5.91 Å². The van der Waals surface area contributed by atoms with Crippen LogP contribution in [0.15, 0.2) is 12.1 Å². The largest absolute Gasteiger partial charge is 0.333 e. The van der Waals surface area contributed by atoms with Gasteiger partial charge in [0.05, 0.1) is 0 Å². The topological polar surface area (TPSA) is 32.3 Å². The third kappa shape index (κ3) is 3.19. The number of benzene rings is 1. The Hall–Kier alpha value is -1.27. The number of carbonyl (C=O) groups excluding carboxylic acids is 1. The first-order chi connectivity index (χ1) is 8.50. The van der Waals surface area contributed by atoms with Crippen LogP contribution in [0.2, 0.25) is 0 Å². The van der Waals surface area contributed by atoms with Gasteiger partial charge in [-0.2, -0.15) is 0 Å². The summed E-state index contributed by atoms with van der Waals surface area (Å²) in [5.41, 5.74) is -0.167. The van der Waals surface area contributed by atoms with Gasteiger partial charge in [-0.1, -0.05) is 0 Å². The van der Waals surface area contributed by atoms with Gasteiger partial charge in [0.1, 0.15) is 0 Å². The van der Waals surface area contributed by atoms with Gasteiger partial charge in [-0.25, -0.2) is 13.2 Å². The first-order valence-corrected chi connectivity index (χ1v) is 5.67. The van der Waals surface area contributed by atoms with Gasteiger partial charge >= 0.3 is 0 Å². The van der Waals surface area contributed by atoms with Crippen LogP contribution in [0.5, 0.6) is 0 Å². The van der Waals surface area contributed by atoms with E-state index in [0.29, 0.717) is 19.6 Å². The zero-order chi connectivity index (χ0) is 13.3. The smallest absolute Gasteiger partial charge is 0.254 e. The molecular formula is C12H14ClF3N2O. The standard InChI is InChI=1S/C12H13F3N2O.ClH/c1-7-6-16-2-3-17(7)12(18)8-4-9(13)11(15)10(14)5-8;/h4-5,7,16H,2-3,6H2,1H3;1H/t7-;/m1./s1. The van der Waals surface area contributed by atoms with Crippen LogP contribution in [0.25, 0.3) is 0 Å². The van der Waals surface area contributed by atoms with E-state index in [1.165, 1.54) is 4.90 Å². The Labute approximate surface area is 115 Å². The number of hydrogen-bond acceptors (Lipinski definition) is 2. The molecule has 0 radical (unpaired) electrons. The highest BCUT2D eigenvalue weighted by Crippen LogP contribution is 2.16. The van der Waals surface area contributed by atoms with Crippen LogP contribution in [0.4, 0.5) is 13.2 Å². The van der Waals surface area contributed by atoms with E-state index in [0.717, 1.165) is 12.1 Å². The monoisotopic (exact) mass is 294 g/mol. The summed E-state index contributed by atoms with van der Waals surface area (Å²) >= 11 is 0. The predicted molar refractivity (Wildman–Crippen MR) is 66.9 cm³/mol. The molecule has 0 aromatic heterocycles. The van der Waals surface area contributed by atoms with Gasteiger partial charge in [-0.05, 0) is 19.1 Å². The zero-order valence-corrected chi connectivity index (χ0v) is 11.1. The first kappa shape index (κ1) is 15.8. The molecule has 106 valence electrons. The van der Waals surface area contributed by atoms with Crippen molar-refractivity contribution in [2.24, 2.45) is 0 Å². The average molecular weight is 295 g/mol. The van der Waals surface area contributed by atoms with E-state index >= 15 is 0 Å². The van der Waals surface area contributed by atoms with Crippen molar-refractivity contribution in [1.82, 2.24) is 10.2 Å². The Bertz CT molecular complexity index is 461. The van der Waals surface area contributed by atoms with E-state index in [-0.39, 0.29) is 24.0 Å². The van der Waals surface area contributed by atoms with Crippen LogP contribution in [-0.2, 0) is 0 Å². The van der Waals surface area contributed by atoms with E-state index in [4.69, 9.17) is 0 Å². The average Bonchev–Trinajstić information content (AvgIpc) is 2.35. The van der Waals surface area contributed by atoms with E-state index < -0.39 is 23.4 Å². The lowest BCUT2D eigenvalue weighted by Gasteiger charge is -2.34. The molecule has 1 aliphatic rings. The van der Waals surface area contributed by atoms with Gasteiger partial charge in [-0.3, -0.25) is 4.79 Å². The second kappa shape index (κ2) is 6.25. The molecule has 0 aliphatic carbocycles. The molecule has 1 heterocycles. The number of rotatable bonds is 1. The van der Waals surface area contributed by atoms with Crippen LogP contribution < -0.4 is 5.32 Å². The quantitative estimate of drug-likeness (QED) is 0.803.